The molecule has 0 radical (unpaired) electrons. The first-order chi connectivity index (χ1) is 6.93. The first-order valence-corrected chi connectivity index (χ1v) is 4.36. The largest absolute Gasteiger partial charge is 0.478 e. The minimum absolute atomic E-state index is 0.271. The lowest BCUT2D eigenvalue weighted by atomic mass is 10.0. The second-order valence-corrected chi connectivity index (χ2v) is 3.38. The van der Waals surface area contributed by atoms with E-state index in [1.165, 1.54) is 0 Å². The number of Topliss-reactive ketones (excluding diaryl/α,β-unsaturated/α-hetero) is 1. The molecule has 1 heterocycles. The summed E-state index contributed by atoms with van der Waals surface area (Å²) >= 11 is 0. The van der Waals surface area contributed by atoms with Crippen LogP contribution < -0.4 is 0 Å². The van der Waals surface area contributed by atoms with Gasteiger partial charge in [-0.25, -0.2) is 14.2 Å². The molecule has 4 nitrogen and oxygen atoms in total. The molecule has 0 aliphatic rings. The van der Waals surface area contributed by atoms with E-state index in [1.807, 2.05) is 0 Å². The molecule has 5 heteroatoms. The van der Waals surface area contributed by atoms with Crippen LogP contribution in [0.5, 0.6) is 0 Å². The normalized spacial score (nSPS) is 10.4. The number of ketones is 1. The number of aromatic carboxylic acids is 1. The maximum atomic E-state index is 13.3. The van der Waals surface area contributed by atoms with Crippen molar-refractivity contribution in [3.63, 3.8) is 0 Å². The molecule has 1 rings (SSSR count). The van der Waals surface area contributed by atoms with Crippen molar-refractivity contribution in [3.8, 4) is 0 Å². The molecule has 0 atom stereocenters. The van der Waals surface area contributed by atoms with Gasteiger partial charge in [-0.05, 0) is 6.07 Å². The van der Waals surface area contributed by atoms with E-state index < -0.39 is 17.6 Å². The van der Waals surface area contributed by atoms with Crippen LogP contribution in [0.4, 0.5) is 4.39 Å². The first-order valence-electron chi connectivity index (χ1n) is 4.36. The van der Waals surface area contributed by atoms with Crippen LogP contribution >= 0.6 is 0 Å². The molecule has 1 N–H and O–H groups in total. The van der Waals surface area contributed by atoms with Crippen LogP contribution in [0, 0.1) is 11.7 Å². The van der Waals surface area contributed by atoms with Gasteiger partial charge in [0.15, 0.2) is 11.6 Å². The maximum absolute atomic E-state index is 13.3. The minimum atomic E-state index is -1.27. The molecule has 1 aromatic heterocycles. The number of nitrogens with zero attached hydrogens (tertiary/aromatic N) is 1. The monoisotopic (exact) mass is 211 g/mol. The molecule has 1 aromatic rings. The Bertz CT molecular complexity index is 415. The molecule has 0 unspecified atom stereocenters. The number of rotatable bonds is 3. The second kappa shape index (κ2) is 4.16. The zero-order chi connectivity index (χ0) is 11.6. The Balaban J connectivity index is 3.14. The summed E-state index contributed by atoms with van der Waals surface area (Å²) in [6, 6.07) is 0.797. The highest BCUT2D eigenvalue weighted by Gasteiger charge is 2.18. The Morgan fingerprint density at radius 1 is 1.47 bits per heavy atom. The third-order valence-corrected chi connectivity index (χ3v) is 1.85. The number of halogens is 1. The van der Waals surface area contributed by atoms with Crippen molar-refractivity contribution in [1.82, 2.24) is 4.98 Å². The second-order valence-electron chi connectivity index (χ2n) is 3.38. The molecule has 0 amide bonds. The predicted octanol–water partition coefficient (Wildman–Crippen LogP) is 1.76. The van der Waals surface area contributed by atoms with Crippen LogP contribution in [0.1, 0.15) is 34.7 Å². The summed E-state index contributed by atoms with van der Waals surface area (Å²) < 4.78 is 13.3. The van der Waals surface area contributed by atoms with Crippen molar-refractivity contribution < 1.29 is 19.1 Å². The molecule has 0 saturated carbocycles. The molecule has 0 bridgehead atoms. The lowest BCUT2D eigenvalue weighted by molar-refractivity contribution is 0.0694. The van der Waals surface area contributed by atoms with Crippen LogP contribution in [0.25, 0.3) is 0 Å². The smallest absolute Gasteiger partial charge is 0.337 e. The lowest BCUT2D eigenvalue weighted by Gasteiger charge is -2.04. The fourth-order valence-corrected chi connectivity index (χ4v) is 1.01. The third kappa shape index (κ3) is 2.37. The third-order valence-electron chi connectivity index (χ3n) is 1.85. The molecule has 0 saturated heterocycles. The van der Waals surface area contributed by atoms with Crippen LogP contribution in [0.2, 0.25) is 0 Å². The number of carbonyl (C=O) groups excluding carboxylic acids is 1. The van der Waals surface area contributed by atoms with E-state index in [4.69, 9.17) is 5.11 Å². The van der Waals surface area contributed by atoms with E-state index in [0.717, 1.165) is 12.3 Å². The van der Waals surface area contributed by atoms with Crippen molar-refractivity contribution in [2.75, 3.05) is 0 Å². The van der Waals surface area contributed by atoms with Crippen molar-refractivity contribution in [2.45, 2.75) is 13.8 Å². The predicted molar refractivity (Wildman–Crippen MR) is 50.3 cm³/mol. The number of hydrogen-bond acceptors (Lipinski definition) is 3. The van der Waals surface area contributed by atoms with Crippen molar-refractivity contribution in [1.29, 1.82) is 0 Å². The van der Waals surface area contributed by atoms with Gasteiger partial charge in [-0.15, -0.1) is 0 Å². The molecule has 0 aliphatic carbocycles. The van der Waals surface area contributed by atoms with Gasteiger partial charge < -0.3 is 5.11 Å². The van der Waals surface area contributed by atoms with Crippen molar-refractivity contribution in [2.24, 2.45) is 5.92 Å². The molecule has 0 aromatic carbocycles. The molecule has 15 heavy (non-hydrogen) atoms. The Morgan fingerprint density at radius 3 is 2.47 bits per heavy atom. The van der Waals surface area contributed by atoms with Gasteiger partial charge in [-0.3, -0.25) is 4.79 Å². The summed E-state index contributed by atoms with van der Waals surface area (Å²) in [4.78, 5) is 25.4. The average molecular weight is 211 g/mol. The van der Waals surface area contributed by atoms with E-state index in [0.29, 0.717) is 0 Å². The molecule has 0 fully saturated rings. The Hall–Kier alpha value is -1.78. The van der Waals surface area contributed by atoms with E-state index in [9.17, 15) is 14.0 Å². The van der Waals surface area contributed by atoms with Gasteiger partial charge in [-0.2, -0.15) is 0 Å². The topological polar surface area (TPSA) is 67.3 Å². The number of aromatic nitrogens is 1. The van der Waals surface area contributed by atoms with Gasteiger partial charge in [0.1, 0.15) is 5.69 Å². The quantitative estimate of drug-likeness (QED) is 0.773. The molecule has 0 aliphatic heterocycles. The fraction of sp³-hybridized carbons (Fsp3) is 0.300. The first kappa shape index (κ1) is 11.3. The number of pyridine rings is 1. The van der Waals surface area contributed by atoms with E-state index >= 15 is 0 Å². The summed E-state index contributed by atoms with van der Waals surface area (Å²) in [5.41, 5.74) is -0.581. The van der Waals surface area contributed by atoms with Gasteiger partial charge in [-0.1, -0.05) is 13.8 Å². The van der Waals surface area contributed by atoms with Gasteiger partial charge in [0.05, 0.1) is 5.56 Å². The van der Waals surface area contributed by atoms with E-state index in [-0.39, 0.29) is 17.2 Å². The summed E-state index contributed by atoms with van der Waals surface area (Å²) in [6.45, 7) is 3.24. The van der Waals surface area contributed by atoms with Crippen molar-refractivity contribution in [3.05, 3.63) is 29.3 Å². The van der Waals surface area contributed by atoms with E-state index in [2.05, 4.69) is 4.98 Å². The van der Waals surface area contributed by atoms with Gasteiger partial charge in [0.25, 0.3) is 0 Å². The van der Waals surface area contributed by atoms with Gasteiger partial charge in [0.2, 0.25) is 0 Å². The number of carboxylic acids is 1. The zero-order valence-corrected chi connectivity index (χ0v) is 8.32. The molecular weight excluding hydrogens is 201 g/mol. The standard InChI is InChI=1S/C10H10FNO3/c1-5(2)9(13)8-7(11)3-6(4-12-8)10(14)15/h3-5H,1-2H3,(H,14,15). The van der Waals surface area contributed by atoms with Crippen LogP contribution in [0.3, 0.4) is 0 Å². The summed E-state index contributed by atoms with van der Waals surface area (Å²) in [5.74, 6) is -2.98. The van der Waals surface area contributed by atoms with Crippen LogP contribution in [-0.4, -0.2) is 21.8 Å². The van der Waals surface area contributed by atoms with Gasteiger partial charge in [0, 0.05) is 12.1 Å². The van der Waals surface area contributed by atoms with E-state index in [1.54, 1.807) is 13.8 Å². The molecule has 80 valence electrons. The number of carbonyl (C=O) groups is 2. The Morgan fingerprint density at radius 2 is 2.07 bits per heavy atom. The highest BCUT2D eigenvalue weighted by Crippen LogP contribution is 2.11. The summed E-state index contributed by atoms with van der Waals surface area (Å²) in [6.07, 6.45) is 0.973. The lowest BCUT2D eigenvalue weighted by Crippen LogP contribution is -2.13. The van der Waals surface area contributed by atoms with Crippen molar-refractivity contribution >= 4 is 11.8 Å². The average Bonchev–Trinajstić information content (AvgIpc) is 2.16. The highest BCUT2D eigenvalue weighted by molar-refractivity contribution is 5.96. The summed E-state index contributed by atoms with van der Waals surface area (Å²) in [7, 11) is 0. The molecule has 0 spiro atoms. The zero-order valence-electron chi connectivity index (χ0n) is 8.32. The number of hydrogen-bond donors (Lipinski definition) is 1. The summed E-state index contributed by atoms with van der Waals surface area (Å²) in [5, 5.41) is 8.56. The maximum Gasteiger partial charge on any atom is 0.337 e. The fourth-order valence-electron chi connectivity index (χ4n) is 1.01. The van der Waals surface area contributed by atoms with Gasteiger partial charge >= 0.3 is 5.97 Å². The van der Waals surface area contributed by atoms with Crippen LogP contribution in [-0.2, 0) is 0 Å². The molecular formula is C10H10FNO3. The highest BCUT2D eigenvalue weighted by atomic mass is 19.1. The number of carboxylic acid groups (broad SMARTS) is 1. The Labute approximate surface area is 85.8 Å². The SMILES string of the molecule is CC(C)C(=O)c1ncc(C(=O)O)cc1F. The Kier molecular flexibility index (Phi) is 3.14. The minimum Gasteiger partial charge on any atom is -0.478 e. The van der Waals surface area contributed by atoms with Crippen LogP contribution in [0.15, 0.2) is 12.3 Å².